The van der Waals surface area contributed by atoms with Gasteiger partial charge in [-0.15, -0.1) is 0 Å². The molecule has 1 saturated carbocycles. The molecule has 2 rings (SSSR count). The summed E-state index contributed by atoms with van der Waals surface area (Å²) in [6, 6.07) is 7.36. The van der Waals surface area contributed by atoms with Crippen LogP contribution in [-0.4, -0.2) is 18.7 Å². The molecule has 0 amide bonds. The summed E-state index contributed by atoms with van der Waals surface area (Å²) in [4.78, 5) is 0. The van der Waals surface area contributed by atoms with Crippen molar-refractivity contribution in [1.29, 1.82) is 0 Å². The molecular weight excluding hydrogens is 234 g/mol. The number of rotatable bonds is 6. The molecule has 1 aliphatic rings. The summed E-state index contributed by atoms with van der Waals surface area (Å²) in [5, 5.41) is 3.63. The van der Waals surface area contributed by atoms with Crippen LogP contribution in [0.1, 0.15) is 51.7 Å². The second-order valence-corrected chi connectivity index (χ2v) is 6.69. The fraction of sp³-hybridized carbons (Fsp3) is 0.647. The highest BCUT2D eigenvalue weighted by atomic mass is 16.5. The first kappa shape index (κ1) is 14.4. The van der Waals surface area contributed by atoms with Crippen molar-refractivity contribution in [3.05, 3.63) is 29.3 Å². The van der Waals surface area contributed by atoms with Gasteiger partial charge in [0.15, 0.2) is 0 Å². The first-order valence-corrected chi connectivity index (χ1v) is 7.39. The Hall–Kier alpha value is -1.02. The van der Waals surface area contributed by atoms with E-state index in [2.05, 4.69) is 58.1 Å². The third-order valence-electron chi connectivity index (χ3n) is 3.73. The van der Waals surface area contributed by atoms with Crippen LogP contribution in [-0.2, 0) is 5.41 Å². The van der Waals surface area contributed by atoms with E-state index in [1.54, 1.807) is 0 Å². The number of aryl methyl sites for hydroxylation is 1. The average Bonchev–Trinajstić information content (AvgIpc) is 3.12. The Morgan fingerprint density at radius 3 is 2.53 bits per heavy atom. The monoisotopic (exact) mass is 261 g/mol. The zero-order valence-electron chi connectivity index (χ0n) is 12.9. The van der Waals surface area contributed by atoms with Gasteiger partial charge in [-0.2, -0.15) is 0 Å². The van der Waals surface area contributed by atoms with Crippen LogP contribution in [0, 0.1) is 6.92 Å². The molecule has 1 N–H and O–H groups in total. The van der Waals surface area contributed by atoms with E-state index in [9.17, 15) is 0 Å². The van der Waals surface area contributed by atoms with Gasteiger partial charge in [-0.25, -0.2) is 0 Å². The van der Waals surface area contributed by atoms with Gasteiger partial charge in [0.2, 0.25) is 0 Å². The summed E-state index contributed by atoms with van der Waals surface area (Å²) in [6.07, 6.45) is 2.92. The molecule has 0 saturated heterocycles. The van der Waals surface area contributed by atoms with Crippen molar-refractivity contribution in [1.82, 2.24) is 5.32 Å². The molecule has 1 aromatic carbocycles. The van der Waals surface area contributed by atoms with E-state index in [1.807, 2.05) is 0 Å². The highest BCUT2D eigenvalue weighted by Crippen LogP contribution is 2.29. The first-order valence-electron chi connectivity index (χ1n) is 7.39. The maximum absolute atomic E-state index is 5.81. The van der Waals surface area contributed by atoms with Crippen LogP contribution in [0.15, 0.2) is 18.2 Å². The van der Waals surface area contributed by atoms with Gasteiger partial charge >= 0.3 is 0 Å². The lowest BCUT2D eigenvalue weighted by molar-refractivity contribution is 0.240. The standard InChI is InChI=1S/C17H27NO/c1-12(2)19-16-9-6-14(10-13(16)3)17(4,5)11-18-15-7-8-15/h6,9-10,12,15,18H,7-8,11H2,1-5H3. The largest absolute Gasteiger partial charge is 0.491 e. The molecule has 2 nitrogen and oxygen atoms in total. The Morgan fingerprint density at radius 1 is 1.32 bits per heavy atom. The molecule has 19 heavy (non-hydrogen) atoms. The zero-order valence-corrected chi connectivity index (χ0v) is 12.9. The Labute approximate surface area is 117 Å². The first-order chi connectivity index (χ1) is 8.88. The van der Waals surface area contributed by atoms with Gasteiger partial charge in [-0.1, -0.05) is 26.0 Å². The van der Waals surface area contributed by atoms with Crippen molar-refractivity contribution in [2.75, 3.05) is 6.54 Å². The lowest BCUT2D eigenvalue weighted by Gasteiger charge is -2.27. The minimum Gasteiger partial charge on any atom is -0.491 e. The molecule has 0 spiro atoms. The summed E-state index contributed by atoms with van der Waals surface area (Å²) >= 11 is 0. The maximum atomic E-state index is 5.81. The molecule has 1 aliphatic carbocycles. The third kappa shape index (κ3) is 3.97. The molecule has 0 atom stereocenters. The molecule has 0 radical (unpaired) electrons. The summed E-state index contributed by atoms with van der Waals surface area (Å²) in [7, 11) is 0. The van der Waals surface area contributed by atoms with E-state index in [-0.39, 0.29) is 11.5 Å². The minimum atomic E-state index is 0.170. The van der Waals surface area contributed by atoms with E-state index in [0.717, 1.165) is 18.3 Å². The van der Waals surface area contributed by atoms with Crippen LogP contribution in [0.5, 0.6) is 5.75 Å². The SMILES string of the molecule is Cc1cc(C(C)(C)CNC2CC2)ccc1OC(C)C. The van der Waals surface area contributed by atoms with E-state index in [1.165, 1.54) is 24.0 Å². The average molecular weight is 261 g/mol. The summed E-state index contributed by atoms with van der Waals surface area (Å²) in [6.45, 7) is 11.9. The zero-order chi connectivity index (χ0) is 14.0. The van der Waals surface area contributed by atoms with Crippen LogP contribution in [0.3, 0.4) is 0 Å². The van der Waals surface area contributed by atoms with Gasteiger partial charge in [0.1, 0.15) is 5.75 Å². The topological polar surface area (TPSA) is 21.3 Å². The molecule has 0 unspecified atom stereocenters. The predicted octanol–water partition coefficient (Wildman–Crippen LogP) is 3.81. The number of hydrogen-bond donors (Lipinski definition) is 1. The molecule has 1 aromatic rings. The second-order valence-electron chi connectivity index (χ2n) is 6.69. The smallest absolute Gasteiger partial charge is 0.122 e. The summed E-state index contributed by atoms with van der Waals surface area (Å²) in [5.41, 5.74) is 2.78. The van der Waals surface area contributed by atoms with Crippen molar-refractivity contribution in [2.45, 2.75) is 65.0 Å². The van der Waals surface area contributed by atoms with Gasteiger partial charge < -0.3 is 10.1 Å². The Morgan fingerprint density at radius 2 is 2.00 bits per heavy atom. The summed E-state index contributed by atoms with van der Waals surface area (Å²) in [5.74, 6) is 1.00. The quantitative estimate of drug-likeness (QED) is 0.840. The van der Waals surface area contributed by atoms with Crippen LogP contribution in [0.4, 0.5) is 0 Å². The molecule has 106 valence electrons. The van der Waals surface area contributed by atoms with Crippen LogP contribution >= 0.6 is 0 Å². The van der Waals surface area contributed by atoms with E-state index in [4.69, 9.17) is 4.74 Å². The Kier molecular flexibility index (Phi) is 4.19. The predicted molar refractivity (Wildman–Crippen MR) is 81.0 cm³/mol. The molecule has 1 fully saturated rings. The minimum absolute atomic E-state index is 0.170. The Bertz CT molecular complexity index is 433. The van der Waals surface area contributed by atoms with Gasteiger partial charge in [0, 0.05) is 18.0 Å². The van der Waals surface area contributed by atoms with E-state index in [0.29, 0.717) is 0 Å². The number of ether oxygens (including phenoxy) is 1. The van der Waals surface area contributed by atoms with E-state index >= 15 is 0 Å². The normalized spacial score (nSPS) is 15.9. The van der Waals surface area contributed by atoms with Gasteiger partial charge in [-0.3, -0.25) is 0 Å². The number of nitrogens with one attached hydrogen (secondary N) is 1. The van der Waals surface area contributed by atoms with Gasteiger partial charge in [-0.05, 0) is 50.8 Å². The van der Waals surface area contributed by atoms with E-state index < -0.39 is 0 Å². The maximum Gasteiger partial charge on any atom is 0.122 e. The molecule has 0 aliphatic heterocycles. The van der Waals surface area contributed by atoms with Crippen LogP contribution in [0.2, 0.25) is 0 Å². The van der Waals surface area contributed by atoms with Gasteiger partial charge in [0.05, 0.1) is 6.10 Å². The fourth-order valence-corrected chi connectivity index (χ4v) is 2.25. The van der Waals surface area contributed by atoms with Crippen LogP contribution < -0.4 is 10.1 Å². The highest BCUT2D eigenvalue weighted by Gasteiger charge is 2.26. The second kappa shape index (κ2) is 5.54. The lowest BCUT2D eigenvalue weighted by atomic mass is 9.83. The number of hydrogen-bond acceptors (Lipinski definition) is 2. The lowest BCUT2D eigenvalue weighted by Crippen LogP contribution is -2.34. The molecule has 0 aromatic heterocycles. The molecule has 2 heteroatoms. The molecular formula is C17H27NO. The van der Waals surface area contributed by atoms with Crippen molar-refractivity contribution in [2.24, 2.45) is 0 Å². The third-order valence-corrected chi connectivity index (χ3v) is 3.73. The summed E-state index contributed by atoms with van der Waals surface area (Å²) < 4.78 is 5.81. The van der Waals surface area contributed by atoms with Crippen molar-refractivity contribution >= 4 is 0 Å². The molecule has 0 heterocycles. The van der Waals surface area contributed by atoms with Gasteiger partial charge in [0.25, 0.3) is 0 Å². The fourth-order valence-electron chi connectivity index (χ4n) is 2.25. The number of benzene rings is 1. The molecule has 0 bridgehead atoms. The highest BCUT2D eigenvalue weighted by molar-refractivity contribution is 5.39. The van der Waals surface area contributed by atoms with Crippen molar-refractivity contribution < 1.29 is 4.74 Å². The van der Waals surface area contributed by atoms with Crippen molar-refractivity contribution in [3.8, 4) is 5.75 Å². The van der Waals surface area contributed by atoms with Crippen LogP contribution in [0.25, 0.3) is 0 Å². The van der Waals surface area contributed by atoms with Crippen molar-refractivity contribution in [3.63, 3.8) is 0 Å². The Balaban J connectivity index is 2.08.